The summed E-state index contributed by atoms with van der Waals surface area (Å²) in [5, 5.41) is 17.2. The summed E-state index contributed by atoms with van der Waals surface area (Å²) < 4.78 is 6.99. The van der Waals surface area contributed by atoms with E-state index in [1.54, 1.807) is 23.9 Å². The van der Waals surface area contributed by atoms with E-state index in [1.807, 2.05) is 65.7 Å². The van der Waals surface area contributed by atoms with Gasteiger partial charge in [0.05, 0.1) is 13.0 Å². The molecule has 0 radical (unpaired) electrons. The van der Waals surface area contributed by atoms with Crippen molar-refractivity contribution in [2.75, 3.05) is 20.2 Å². The molecule has 0 spiro atoms. The summed E-state index contributed by atoms with van der Waals surface area (Å²) in [5.74, 6) is 0.620. The van der Waals surface area contributed by atoms with Crippen LogP contribution in [0.15, 0.2) is 85.0 Å². The standard InChI is InChI=1S/C23H25N3O2/c1-4-15-25(16-5-2)22-21(19-9-7-6-8-10-19)26(24-23(22)27)17-18-11-13-20(28-3)14-12-18/h4-14,17,21-22H,1-2,15-16H2,3H3/b26-17-/t21-,22-/m1/s1. The van der Waals surface area contributed by atoms with Gasteiger partial charge in [-0.3, -0.25) is 4.90 Å². The van der Waals surface area contributed by atoms with E-state index >= 15 is 0 Å². The summed E-state index contributed by atoms with van der Waals surface area (Å²) in [6, 6.07) is 17.0. The summed E-state index contributed by atoms with van der Waals surface area (Å²) in [6.45, 7) is 8.82. The normalized spacial score (nSPS) is 20.2. The van der Waals surface area contributed by atoms with Crippen LogP contribution in [-0.2, 0) is 0 Å². The fourth-order valence-corrected chi connectivity index (χ4v) is 3.44. The molecular formula is C23H25N3O2. The Balaban J connectivity index is 2.04. The quantitative estimate of drug-likeness (QED) is 0.526. The van der Waals surface area contributed by atoms with E-state index in [-0.39, 0.29) is 11.9 Å². The molecule has 0 aliphatic carbocycles. The SMILES string of the molecule is C=CCN(CC=C)[C@H]1C([O-])=N/[N+](=C\c2ccc(OC)cc2)[C@@H]1c1ccccc1. The zero-order valence-corrected chi connectivity index (χ0v) is 16.1. The number of hydrogen-bond donors (Lipinski definition) is 0. The molecule has 5 heteroatoms. The summed E-state index contributed by atoms with van der Waals surface area (Å²) in [5.41, 5.74) is 1.97. The van der Waals surface area contributed by atoms with E-state index in [0.29, 0.717) is 13.1 Å². The highest BCUT2D eigenvalue weighted by molar-refractivity contribution is 5.81. The van der Waals surface area contributed by atoms with Crippen molar-refractivity contribution in [1.29, 1.82) is 0 Å². The largest absolute Gasteiger partial charge is 0.856 e. The lowest BCUT2D eigenvalue weighted by Crippen LogP contribution is -2.48. The van der Waals surface area contributed by atoms with Crippen molar-refractivity contribution in [1.82, 2.24) is 4.90 Å². The predicted molar refractivity (Wildman–Crippen MR) is 111 cm³/mol. The first-order valence-corrected chi connectivity index (χ1v) is 9.21. The first kappa shape index (κ1) is 19.6. The first-order valence-electron chi connectivity index (χ1n) is 9.21. The lowest BCUT2D eigenvalue weighted by atomic mass is 9.98. The first-order chi connectivity index (χ1) is 13.7. The van der Waals surface area contributed by atoms with E-state index in [9.17, 15) is 5.11 Å². The minimum absolute atomic E-state index is 0.165. The number of methoxy groups -OCH3 is 1. The van der Waals surface area contributed by atoms with Gasteiger partial charge in [0.1, 0.15) is 11.8 Å². The summed E-state index contributed by atoms with van der Waals surface area (Å²) in [7, 11) is 1.64. The van der Waals surface area contributed by atoms with Gasteiger partial charge in [0.25, 0.3) is 0 Å². The number of hydrazone groups is 1. The molecular weight excluding hydrogens is 350 g/mol. The molecule has 5 nitrogen and oxygen atoms in total. The van der Waals surface area contributed by atoms with Crippen LogP contribution in [0.5, 0.6) is 5.75 Å². The number of benzene rings is 2. The van der Waals surface area contributed by atoms with E-state index < -0.39 is 6.04 Å². The van der Waals surface area contributed by atoms with E-state index in [1.165, 1.54) is 0 Å². The van der Waals surface area contributed by atoms with Crippen LogP contribution >= 0.6 is 0 Å². The lowest BCUT2D eigenvalue weighted by Gasteiger charge is -2.30. The van der Waals surface area contributed by atoms with Crippen molar-refractivity contribution in [3.05, 3.63) is 91.0 Å². The molecule has 2 atom stereocenters. The van der Waals surface area contributed by atoms with Crippen LogP contribution < -0.4 is 9.84 Å². The van der Waals surface area contributed by atoms with Crippen LogP contribution in [0.4, 0.5) is 0 Å². The Kier molecular flexibility index (Phi) is 6.40. The highest BCUT2D eigenvalue weighted by atomic mass is 16.5. The highest BCUT2D eigenvalue weighted by Gasteiger charge is 2.42. The van der Waals surface area contributed by atoms with Crippen molar-refractivity contribution in [2.24, 2.45) is 5.10 Å². The zero-order chi connectivity index (χ0) is 19.9. The summed E-state index contributed by atoms with van der Waals surface area (Å²) in [6.07, 6.45) is 5.50. The number of nitrogens with zero attached hydrogens (tertiary/aromatic N) is 3. The maximum Gasteiger partial charge on any atom is 0.229 e. The molecule has 0 amide bonds. The molecule has 0 fully saturated rings. The van der Waals surface area contributed by atoms with Crippen LogP contribution in [-0.4, -0.2) is 47.9 Å². The Morgan fingerprint density at radius 2 is 1.71 bits per heavy atom. The molecule has 144 valence electrons. The second-order valence-corrected chi connectivity index (χ2v) is 6.55. The molecule has 2 aromatic carbocycles. The van der Waals surface area contributed by atoms with Gasteiger partial charge in [0, 0.05) is 24.2 Å². The van der Waals surface area contributed by atoms with Gasteiger partial charge in [0.15, 0.2) is 0 Å². The molecule has 28 heavy (non-hydrogen) atoms. The van der Waals surface area contributed by atoms with Crippen LogP contribution in [0.3, 0.4) is 0 Å². The van der Waals surface area contributed by atoms with Gasteiger partial charge in [-0.2, -0.15) is 0 Å². The molecule has 0 N–H and O–H groups in total. The van der Waals surface area contributed by atoms with Gasteiger partial charge in [-0.05, 0) is 29.4 Å². The average Bonchev–Trinajstić information content (AvgIpc) is 3.04. The molecule has 1 heterocycles. The second kappa shape index (κ2) is 9.15. The molecule has 0 saturated carbocycles. The van der Waals surface area contributed by atoms with Crippen LogP contribution in [0, 0.1) is 0 Å². The molecule has 1 aliphatic heterocycles. The Hall–Kier alpha value is -3.18. The lowest BCUT2D eigenvalue weighted by molar-refractivity contribution is -0.567. The fourth-order valence-electron chi connectivity index (χ4n) is 3.44. The number of rotatable bonds is 8. The second-order valence-electron chi connectivity index (χ2n) is 6.55. The van der Waals surface area contributed by atoms with Crippen molar-refractivity contribution in [3.8, 4) is 5.75 Å². The minimum Gasteiger partial charge on any atom is -0.856 e. The molecule has 0 unspecified atom stereocenters. The van der Waals surface area contributed by atoms with Gasteiger partial charge < -0.3 is 9.84 Å². The van der Waals surface area contributed by atoms with E-state index in [4.69, 9.17) is 4.74 Å². The maximum atomic E-state index is 12.9. The van der Waals surface area contributed by atoms with E-state index in [2.05, 4.69) is 18.3 Å². The smallest absolute Gasteiger partial charge is 0.229 e. The zero-order valence-electron chi connectivity index (χ0n) is 16.1. The average molecular weight is 375 g/mol. The van der Waals surface area contributed by atoms with E-state index in [0.717, 1.165) is 16.9 Å². The molecule has 3 rings (SSSR count). The van der Waals surface area contributed by atoms with Crippen molar-refractivity contribution < 1.29 is 14.5 Å². The third kappa shape index (κ3) is 4.21. The van der Waals surface area contributed by atoms with Crippen molar-refractivity contribution >= 4 is 12.1 Å². The topological polar surface area (TPSA) is 50.9 Å². The highest BCUT2D eigenvalue weighted by Crippen LogP contribution is 2.30. The molecule has 0 saturated heterocycles. The van der Waals surface area contributed by atoms with Crippen LogP contribution in [0.2, 0.25) is 0 Å². The summed E-state index contributed by atoms with van der Waals surface area (Å²) >= 11 is 0. The molecule has 0 aromatic heterocycles. The molecule has 2 aromatic rings. The molecule has 1 aliphatic rings. The van der Waals surface area contributed by atoms with Crippen molar-refractivity contribution in [3.63, 3.8) is 0 Å². The van der Waals surface area contributed by atoms with Crippen molar-refractivity contribution in [2.45, 2.75) is 12.1 Å². The number of ether oxygens (including phenoxy) is 1. The van der Waals surface area contributed by atoms with Crippen LogP contribution in [0.25, 0.3) is 0 Å². The van der Waals surface area contributed by atoms with Gasteiger partial charge in [0.2, 0.25) is 12.3 Å². The number of hydrogen-bond acceptors (Lipinski definition) is 4. The minimum atomic E-state index is -0.409. The van der Waals surface area contributed by atoms with Gasteiger partial charge in [-0.1, -0.05) is 47.2 Å². The third-order valence-electron chi connectivity index (χ3n) is 4.71. The summed E-state index contributed by atoms with van der Waals surface area (Å²) in [4.78, 5) is 2.05. The van der Waals surface area contributed by atoms with Gasteiger partial charge in [-0.15, -0.1) is 13.2 Å². The Bertz CT molecular complexity index is 862. The Morgan fingerprint density at radius 1 is 1.07 bits per heavy atom. The van der Waals surface area contributed by atoms with Gasteiger partial charge >= 0.3 is 0 Å². The maximum absolute atomic E-state index is 12.9. The third-order valence-corrected chi connectivity index (χ3v) is 4.71. The Morgan fingerprint density at radius 3 is 2.29 bits per heavy atom. The monoisotopic (exact) mass is 375 g/mol. The van der Waals surface area contributed by atoms with Crippen LogP contribution in [0.1, 0.15) is 17.2 Å². The predicted octanol–water partition coefficient (Wildman–Crippen LogP) is 2.60. The van der Waals surface area contributed by atoms with Gasteiger partial charge in [-0.25, -0.2) is 0 Å². The molecule has 0 bridgehead atoms. The fraction of sp³-hybridized carbons (Fsp3) is 0.217. The Labute approximate surface area is 166 Å².